The molecule has 2 N–H and O–H groups in total. The van der Waals surface area contributed by atoms with Gasteiger partial charge in [-0.1, -0.05) is 18.2 Å². The Hall–Kier alpha value is -1.00. The molecular formula is C15H21NO2S. The van der Waals surface area contributed by atoms with Crippen molar-refractivity contribution in [3.8, 4) is 0 Å². The largest absolute Gasteiger partial charge is 0.480 e. The zero-order valence-corrected chi connectivity index (χ0v) is 12.3. The van der Waals surface area contributed by atoms with Crippen LogP contribution in [0.15, 0.2) is 29.2 Å². The highest BCUT2D eigenvalue weighted by Gasteiger charge is 2.37. The van der Waals surface area contributed by atoms with Crippen LogP contribution in [0.4, 0.5) is 0 Å². The van der Waals surface area contributed by atoms with Crippen LogP contribution in [0.3, 0.4) is 0 Å². The standard InChI is InChI=1S/C15H21NO2S/c1-11-5-3-4-6-13(11)19-10-9-15(2,14(17)18)16-12-7-8-12/h3-6,12,16H,7-10H2,1-2H3,(H,17,18). The molecule has 1 fully saturated rings. The number of aliphatic carboxylic acids is 1. The summed E-state index contributed by atoms with van der Waals surface area (Å²) in [7, 11) is 0. The molecule has 0 heterocycles. The van der Waals surface area contributed by atoms with Crippen molar-refractivity contribution in [1.82, 2.24) is 5.32 Å². The molecule has 1 saturated carbocycles. The van der Waals surface area contributed by atoms with E-state index in [2.05, 4.69) is 24.4 Å². The minimum absolute atomic E-state index is 0.407. The van der Waals surface area contributed by atoms with Gasteiger partial charge in [-0.15, -0.1) is 11.8 Å². The van der Waals surface area contributed by atoms with E-state index in [1.807, 2.05) is 12.1 Å². The van der Waals surface area contributed by atoms with Crippen molar-refractivity contribution >= 4 is 17.7 Å². The molecule has 1 atom stereocenters. The Morgan fingerprint density at radius 2 is 2.16 bits per heavy atom. The van der Waals surface area contributed by atoms with Crippen LogP contribution in [0.2, 0.25) is 0 Å². The van der Waals surface area contributed by atoms with E-state index >= 15 is 0 Å². The normalized spacial score (nSPS) is 18.0. The number of carbonyl (C=O) groups is 1. The van der Waals surface area contributed by atoms with Gasteiger partial charge in [0.15, 0.2) is 0 Å². The molecule has 2 rings (SSSR count). The van der Waals surface area contributed by atoms with Gasteiger partial charge >= 0.3 is 5.97 Å². The van der Waals surface area contributed by atoms with Crippen molar-refractivity contribution in [2.75, 3.05) is 5.75 Å². The van der Waals surface area contributed by atoms with Crippen LogP contribution in [0.5, 0.6) is 0 Å². The first-order chi connectivity index (χ1) is 9.01. The summed E-state index contributed by atoms with van der Waals surface area (Å²) in [6, 6.07) is 8.63. The number of hydrogen-bond acceptors (Lipinski definition) is 3. The third-order valence-corrected chi connectivity index (χ3v) is 4.70. The summed E-state index contributed by atoms with van der Waals surface area (Å²) in [5.41, 5.74) is 0.455. The second-order valence-corrected chi connectivity index (χ2v) is 6.56. The Balaban J connectivity index is 1.88. The van der Waals surface area contributed by atoms with Gasteiger partial charge in [0.25, 0.3) is 0 Å². The zero-order chi connectivity index (χ0) is 13.9. The Morgan fingerprint density at radius 1 is 1.47 bits per heavy atom. The molecule has 0 aliphatic heterocycles. The van der Waals surface area contributed by atoms with Gasteiger partial charge in [0.05, 0.1) is 0 Å². The number of carboxylic acids is 1. The van der Waals surface area contributed by atoms with Crippen molar-refractivity contribution in [3.63, 3.8) is 0 Å². The lowest BCUT2D eigenvalue weighted by atomic mass is 9.99. The minimum Gasteiger partial charge on any atom is -0.480 e. The molecule has 1 aromatic carbocycles. The van der Waals surface area contributed by atoms with Crippen LogP contribution >= 0.6 is 11.8 Å². The van der Waals surface area contributed by atoms with Crippen LogP contribution in [-0.4, -0.2) is 28.4 Å². The van der Waals surface area contributed by atoms with Gasteiger partial charge in [-0.3, -0.25) is 10.1 Å². The van der Waals surface area contributed by atoms with Crippen molar-refractivity contribution < 1.29 is 9.90 Å². The summed E-state index contributed by atoms with van der Waals surface area (Å²) in [5.74, 6) is 0.0673. The maximum atomic E-state index is 11.4. The first-order valence-electron chi connectivity index (χ1n) is 6.71. The van der Waals surface area contributed by atoms with Gasteiger partial charge in [0, 0.05) is 16.7 Å². The molecule has 0 amide bonds. The zero-order valence-electron chi connectivity index (χ0n) is 11.5. The minimum atomic E-state index is -0.795. The molecule has 0 bridgehead atoms. The molecule has 19 heavy (non-hydrogen) atoms. The molecule has 104 valence electrons. The van der Waals surface area contributed by atoms with Crippen molar-refractivity contribution in [2.24, 2.45) is 0 Å². The highest BCUT2D eigenvalue weighted by atomic mass is 32.2. The Morgan fingerprint density at radius 3 is 2.74 bits per heavy atom. The highest BCUT2D eigenvalue weighted by Crippen LogP contribution is 2.28. The predicted molar refractivity (Wildman–Crippen MR) is 78.7 cm³/mol. The van der Waals surface area contributed by atoms with Crippen molar-refractivity contribution in [3.05, 3.63) is 29.8 Å². The average Bonchev–Trinajstić information content (AvgIpc) is 3.15. The number of nitrogens with one attached hydrogen (secondary N) is 1. The van der Waals surface area contributed by atoms with E-state index in [1.165, 1.54) is 10.5 Å². The topological polar surface area (TPSA) is 49.3 Å². The summed E-state index contributed by atoms with van der Waals surface area (Å²) >= 11 is 1.74. The molecule has 3 nitrogen and oxygen atoms in total. The first-order valence-corrected chi connectivity index (χ1v) is 7.69. The quantitative estimate of drug-likeness (QED) is 0.753. The number of hydrogen-bond donors (Lipinski definition) is 2. The third-order valence-electron chi connectivity index (χ3n) is 3.53. The van der Waals surface area contributed by atoms with E-state index < -0.39 is 11.5 Å². The van der Waals surface area contributed by atoms with E-state index in [-0.39, 0.29) is 0 Å². The van der Waals surface area contributed by atoms with Gasteiger partial charge < -0.3 is 5.11 Å². The van der Waals surface area contributed by atoms with Crippen LogP contribution < -0.4 is 5.32 Å². The fourth-order valence-electron chi connectivity index (χ4n) is 2.00. The van der Waals surface area contributed by atoms with E-state index in [4.69, 9.17) is 0 Å². The fraction of sp³-hybridized carbons (Fsp3) is 0.533. The number of rotatable bonds is 7. The Kier molecular flexibility index (Phi) is 4.53. The second kappa shape index (κ2) is 5.97. The molecular weight excluding hydrogens is 258 g/mol. The molecule has 1 aromatic rings. The van der Waals surface area contributed by atoms with Gasteiger partial charge in [0.2, 0.25) is 0 Å². The molecule has 1 aliphatic carbocycles. The smallest absolute Gasteiger partial charge is 0.323 e. The highest BCUT2D eigenvalue weighted by molar-refractivity contribution is 7.99. The van der Waals surface area contributed by atoms with Crippen LogP contribution in [0, 0.1) is 6.92 Å². The van der Waals surface area contributed by atoms with Gasteiger partial charge in [0.1, 0.15) is 5.54 Å². The molecule has 1 unspecified atom stereocenters. The van der Waals surface area contributed by atoms with Gasteiger partial charge in [-0.05, 0) is 44.7 Å². The van der Waals surface area contributed by atoms with Crippen LogP contribution in [0.1, 0.15) is 31.7 Å². The van der Waals surface area contributed by atoms with Crippen molar-refractivity contribution in [2.45, 2.75) is 49.6 Å². The first kappa shape index (κ1) is 14.4. The fourth-order valence-corrected chi connectivity index (χ4v) is 3.20. The summed E-state index contributed by atoms with van der Waals surface area (Å²) in [6.07, 6.45) is 2.85. The Labute approximate surface area is 118 Å². The Bertz CT molecular complexity index is 459. The van der Waals surface area contributed by atoms with E-state index in [0.29, 0.717) is 12.5 Å². The van der Waals surface area contributed by atoms with Crippen LogP contribution in [-0.2, 0) is 4.79 Å². The number of benzene rings is 1. The lowest BCUT2D eigenvalue weighted by Crippen LogP contribution is -2.50. The predicted octanol–water partition coefficient (Wildman–Crippen LogP) is 3.07. The SMILES string of the molecule is Cc1ccccc1SCCC(C)(NC1CC1)C(=O)O. The molecule has 0 spiro atoms. The van der Waals surface area contributed by atoms with Gasteiger partial charge in [-0.25, -0.2) is 0 Å². The maximum Gasteiger partial charge on any atom is 0.323 e. The molecule has 4 heteroatoms. The summed E-state index contributed by atoms with van der Waals surface area (Å²) < 4.78 is 0. The average molecular weight is 279 g/mol. The van der Waals surface area contributed by atoms with E-state index in [0.717, 1.165) is 18.6 Å². The number of aryl methyl sites for hydroxylation is 1. The van der Waals surface area contributed by atoms with E-state index in [9.17, 15) is 9.90 Å². The number of thioether (sulfide) groups is 1. The summed E-state index contributed by atoms with van der Waals surface area (Å²) in [5, 5.41) is 12.6. The maximum absolute atomic E-state index is 11.4. The lowest BCUT2D eigenvalue weighted by molar-refractivity contribution is -0.144. The van der Waals surface area contributed by atoms with Crippen LogP contribution in [0.25, 0.3) is 0 Å². The molecule has 0 aromatic heterocycles. The second-order valence-electron chi connectivity index (χ2n) is 5.42. The van der Waals surface area contributed by atoms with Gasteiger partial charge in [-0.2, -0.15) is 0 Å². The van der Waals surface area contributed by atoms with Crippen molar-refractivity contribution in [1.29, 1.82) is 0 Å². The molecule has 0 radical (unpaired) electrons. The molecule has 0 saturated heterocycles. The third kappa shape index (κ3) is 3.98. The molecule has 1 aliphatic rings. The monoisotopic (exact) mass is 279 g/mol. The lowest BCUT2D eigenvalue weighted by Gasteiger charge is -2.26. The number of carboxylic acid groups (broad SMARTS) is 1. The van der Waals surface area contributed by atoms with E-state index in [1.54, 1.807) is 18.7 Å². The summed E-state index contributed by atoms with van der Waals surface area (Å²) in [6.45, 7) is 3.88. The summed E-state index contributed by atoms with van der Waals surface area (Å²) in [4.78, 5) is 12.7.